The fraction of sp³-hybridized carbons (Fsp3) is 0.935. The van der Waals surface area contributed by atoms with Crippen LogP contribution in [0, 0.1) is 0 Å². The van der Waals surface area contributed by atoms with Crippen molar-refractivity contribution in [3.8, 4) is 0 Å². The highest BCUT2D eigenvalue weighted by molar-refractivity contribution is 5.83. The second kappa shape index (κ2) is 15.5. The zero-order chi connectivity index (χ0) is 25.0. The van der Waals surface area contributed by atoms with Crippen LogP contribution < -0.4 is 0 Å². The predicted molar refractivity (Wildman–Crippen MR) is 146 cm³/mol. The summed E-state index contributed by atoms with van der Waals surface area (Å²) in [6, 6.07) is 3.31. The molecule has 0 aromatic heterocycles. The van der Waals surface area contributed by atoms with Gasteiger partial charge in [0.15, 0.2) is 0 Å². The minimum absolute atomic E-state index is 0.115. The molecular weight excluding hydrogens is 448 g/mol. The summed E-state index contributed by atoms with van der Waals surface area (Å²) in [5, 5.41) is 0. The monoisotopic (exact) mass is 502 g/mol. The van der Waals surface area contributed by atoms with Crippen LogP contribution in [0.3, 0.4) is 0 Å². The number of esters is 1. The molecular formula is C31H54N2O3. The molecule has 1 unspecified atom stereocenters. The summed E-state index contributed by atoms with van der Waals surface area (Å²) in [6.07, 6.45) is 28.9. The summed E-state index contributed by atoms with van der Waals surface area (Å²) < 4.78 is 5.59. The first-order valence-corrected chi connectivity index (χ1v) is 15.9. The Kier molecular flexibility index (Phi) is 12.1. The van der Waals surface area contributed by atoms with Crippen molar-refractivity contribution in [2.45, 2.75) is 171 Å². The Labute approximate surface area is 221 Å². The standard InChI is InChI=1S/C31H54N2O3/c34-23-21-31(35)36-24-22-30(33(28-17-9-3-10-18-28)29-19-11-4-12-20-29)25-32(26-13-5-1-6-14-26)27-15-7-2-8-16-27/h23,26-30H,1-22,24-25H2. The molecule has 0 aliphatic heterocycles. The summed E-state index contributed by atoms with van der Waals surface area (Å²) in [5.74, 6) is -0.359. The first-order valence-electron chi connectivity index (χ1n) is 15.9. The molecule has 5 heteroatoms. The van der Waals surface area contributed by atoms with Gasteiger partial charge in [0.1, 0.15) is 12.7 Å². The first-order chi connectivity index (χ1) is 17.8. The molecule has 4 fully saturated rings. The van der Waals surface area contributed by atoms with Crippen molar-refractivity contribution in [2.75, 3.05) is 13.2 Å². The average molecular weight is 503 g/mol. The van der Waals surface area contributed by atoms with Crippen molar-refractivity contribution in [1.82, 2.24) is 9.80 Å². The van der Waals surface area contributed by atoms with E-state index in [4.69, 9.17) is 4.74 Å². The quantitative estimate of drug-likeness (QED) is 0.167. The highest BCUT2D eigenvalue weighted by atomic mass is 16.5. The minimum atomic E-state index is -0.359. The Bertz CT molecular complexity index is 596. The van der Waals surface area contributed by atoms with Gasteiger partial charge in [-0.05, 0) is 57.8 Å². The third-order valence-electron chi connectivity index (χ3n) is 9.89. The first kappa shape index (κ1) is 28.1. The lowest BCUT2D eigenvalue weighted by Gasteiger charge is -2.50. The van der Waals surface area contributed by atoms with Crippen LogP contribution in [0.15, 0.2) is 0 Å². The van der Waals surface area contributed by atoms with Crippen LogP contribution in [0.2, 0.25) is 0 Å². The van der Waals surface area contributed by atoms with Gasteiger partial charge >= 0.3 is 5.97 Å². The molecule has 0 saturated heterocycles. The number of nitrogens with zero attached hydrogens (tertiary/aromatic N) is 2. The number of ether oxygens (including phenoxy) is 1. The Balaban J connectivity index is 1.55. The maximum atomic E-state index is 12.0. The summed E-state index contributed by atoms with van der Waals surface area (Å²) in [7, 11) is 0. The largest absolute Gasteiger partial charge is 0.465 e. The van der Waals surface area contributed by atoms with Crippen molar-refractivity contribution >= 4 is 12.3 Å². The molecule has 206 valence electrons. The molecule has 0 heterocycles. The van der Waals surface area contributed by atoms with Crippen molar-refractivity contribution in [1.29, 1.82) is 0 Å². The van der Waals surface area contributed by atoms with Gasteiger partial charge in [-0.1, -0.05) is 77.0 Å². The van der Waals surface area contributed by atoms with E-state index < -0.39 is 0 Å². The van der Waals surface area contributed by atoms with Crippen LogP contribution in [0.5, 0.6) is 0 Å². The number of rotatable bonds is 12. The molecule has 4 aliphatic rings. The van der Waals surface area contributed by atoms with Crippen LogP contribution >= 0.6 is 0 Å². The van der Waals surface area contributed by atoms with Crippen LogP contribution in [-0.4, -0.2) is 65.4 Å². The second-order valence-electron chi connectivity index (χ2n) is 12.3. The number of carbonyl (C=O) groups is 2. The van der Waals surface area contributed by atoms with Crippen molar-refractivity contribution in [2.24, 2.45) is 0 Å². The normalized spacial score (nSPS) is 24.7. The lowest BCUT2D eigenvalue weighted by Crippen LogP contribution is -2.57. The lowest BCUT2D eigenvalue weighted by molar-refractivity contribution is -0.145. The van der Waals surface area contributed by atoms with Crippen LogP contribution in [0.1, 0.15) is 141 Å². The molecule has 1 atom stereocenters. The van der Waals surface area contributed by atoms with Gasteiger partial charge in [-0.25, -0.2) is 0 Å². The highest BCUT2D eigenvalue weighted by Gasteiger charge is 2.38. The summed E-state index contributed by atoms with van der Waals surface area (Å²) in [4.78, 5) is 28.8. The number of hydrogen-bond donors (Lipinski definition) is 0. The number of aldehydes is 1. The third-order valence-corrected chi connectivity index (χ3v) is 9.89. The van der Waals surface area contributed by atoms with E-state index >= 15 is 0 Å². The van der Waals surface area contributed by atoms with Crippen LogP contribution in [0.4, 0.5) is 0 Å². The Morgan fingerprint density at radius 3 is 1.50 bits per heavy atom. The Morgan fingerprint density at radius 2 is 1.08 bits per heavy atom. The van der Waals surface area contributed by atoms with Crippen molar-refractivity contribution < 1.29 is 14.3 Å². The van der Waals surface area contributed by atoms with Crippen LogP contribution in [-0.2, 0) is 14.3 Å². The third kappa shape index (κ3) is 8.28. The molecule has 0 spiro atoms. The van der Waals surface area contributed by atoms with E-state index in [-0.39, 0.29) is 12.4 Å². The Morgan fingerprint density at radius 1 is 0.667 bits per heavy atom. The zero-order valence-electron chi connectivity index (χ0n) is 23.1. The van der Waals surface area contributed by atoms with Crippen molar-refractivity contribution in [3.05, 3.63) is 0 Å². The van der Waals surface area contributed by atoms with Gasteiger partial charge in [-0.3, -0.25) is 14.6 Å². The fourth-order valence-electron chi connectivity index (χ4n) is 8.09. The molecule has 36 heavy (non-hydrogen) atoms. The SMILES string of the molecule is O=CCC(=O)OCCC(CN(C1CCCCC1)C1CCCCC1)N(C1CCCCC1)C1CCCCC1. The summed E-state index contributed by atoms with van der Waals surface area (Å²) in [5.41, 5.74) is 0. The molecule has 0 N–H and O–H groups in total. The van der Waals surface area contributed by atoms with E-state index in [1.54, 1.807) is 0 Å². The second-order valence-corrected chi connectivity index (χ2v) is 12.3. The van der Waals surface area contributed by atoms with E-state index in [9.17, 15) is 9.59 Å². The van der Waals surface area contributed by atoms with Gasteiger partial charge in [0.25, 0.3) is 0 Å². The smallest absolute Gasteiger partial charge is 0.313 e. The molecule has 0 aromatic rings. The van der Waals surface area contributed by atoms with Gasteiger partial charge < -0.3 is 9.53 Å². The number of carbonyl (C=O) groups excluding carboxylic acids is 2. The Hall–Kier alpha value is -0.940. The van der Waals surface area contributed by atoms with E-state index in [1.165, 1.54) is 128 Å². The fourth-order valence-corrected chi connectivity index (χ4v) is 8.09. The lowest BCUT2D eigenvalue weighted by atomic mass is 9.85. The van der Waals surface area contributed by atoms with E-state index in [0.717, 1.165) is 25.0 Å². The molecule has 0 radical (unpaired) electrons. The molecule has 4 saturated carbocycles. The van der Waals surface area contributed by atoms with Gasteiger partial charge in [-0.2, -0.15) is 0 Å². The average Bonchev–Trinajstić information content (AvgIpc) is 2.94. The molecule has 0 bridgehead atoms. The van der Waals surface area contributed by atoms with E-state index in [2.05, 4.69) is 9.80 Å². The van der Waals surface area contributed by atoms with Gasteiger partial charge in [-0.15, -0.1) is 0 Å². The predicted octanol–water partition coefficient (Wildman–Crippen LogP) is 6.81. The topological polar surface area (TPSA) is 49.9 Å². The highest BCUT2D eigenvalue weighted by Crippen LogP contribution is 2.35. The zero-order valence-corrected chi connectivity index (χ0v) is 23.1. The van der Waals surface area contributed by atoms with E-state index in [1.807, 2.05) is 0 Å². The molecule has 4 rings (SSSR count). The van der Waals surface area contributed by atoms with Gasteiger partial charge in [0.05, 0.1) is 6.61 Å². The van der Waals surface area contributed by atoms with Crippen molar-refractivity contribution in [3.63, 3.8) is 0 Å². The van der Waals surface area contributed by atoms with E-state index in [0.29, 0.717) is 31.0 Å². The molecule has 5 nitrogen and oxygen atoms in total. The van der Waals surface area contributed by atoms with Gasteiger partial charge in [0, 0.05) is 36.8 Å². The van der Waals surface area contributed by atoms with Crippen LogP contribution in [0.25, 0.3) is 0 Å². The summed E-state index contributed by atoms with van der Waals surface area (Å²) >= 11 is 0. The summed E-state index contributed by atoms with van der Waals surface area (Å²) in [6.45, 7) is 1.60. The molecule has 0 amide bonds. The minimum Gasteiger partial charge on any atom is -0.465 e. The maximum absolute atomic E-state index is 12.0. The number of hydrogen-bond acceptors (Lipinski definition) is 5. The van der Waals surface area contributed by atoms with Gasteiger partial charge in [0.2, 0.25) is 0 Å². The molecule has 0 aromatic carbocycles. The molecule has 4 aliphatic carbocycles. The maximum Gasteiger partial charge on any atom is 0.313 e.